The van der Waals surface area contributed by atoms with Gasteiger partial charge in [-0.2, -0.15) is 11.8 Å². The summed E-state index contributed by atoms with van der Waals surface area (Å²) in [4.78, 5) is 10.2. The third kappa shape index (κ3) is 6.22. The number of halogens is 1. The van der Waals surface area contributed by atoms with E-state index in [0.717, 1.165) is 0 Å². The molecule has 0 aliphatic heterocycles. The van der Waals surface area contributed by atoms with Crippen molar-refractivity contribution in [2.45, 2.75) is 6.04 Å². The van der Waals surface area contributed by atoms with Crippen LogP contribution in [0.25, 0.3) is 0 Å². The Bertz CT molecular complexity index is 163. The van der Waals surface area contributed by atoms with Gasteiger partial charge in [-0.1, -0.05) is 18.2 Å². The van der Waals surface area contributed by atoms with Gasteiger partial charge in [0.15, 0.2) is 0 Å². The molecule has 5 heteroatoms. The van der Waals surface area contributed by atoms with E-state index in [0.29, 0.717) is 16.5 Å². The minimum atomic E-state index is -0.988. The van der Waals surface area contributed by atoms with Gasteiger partial charge in [0.05, 0.1) is 0 Å². The van der Waals surface area contributed by atoms with Gasteiger partial charge in [-0.05, 0) is 0 Å². The Morgan fingerprint density at radius 1 is 1.82 bits per heavy atom. The number of carbonyl (C=O) groups is 1. The quantitative estimate of drug-likeness (QED) is 0.684. The summed E-state index contributed by atoms with van der Waals surface area (Å²) in [6.07, 6.45) is 0. The van der Waals surface area contributed by atoms with Gasteiger partial charge in [0.2, 0.25) is 0 Å². The number of aliphatic carboxylic acids is 1. The Hall–Kier alpha value is -0.190. The van der Waals surface area contributed by atoms with Gasteiger partial charge in [0.25, 0.3) is 0 Å². The van der Waals surface area contributed by atoms with Crippen LogP contribution in [0.1, 0.15) is 0 Å². The number of hydrogen-bond donors (Lipinski definition) is 2. The smallest absolute Gasteiger partial charge is 0.321 e. The van der Waals surface area contributed by atoms with Crippen LogP contribution in [0.3, 0.4) is 0 Å². The topological polar surface area (TPSA) is 63.3 Å². The van der Waals surface area contributed by atoms with Gasteiger partial charge in [0.1, 0.15) is 6.04 Å². The zero-order valence-electron chi connectivity index (χ0n) is 5.92. The Balaban J connectivity index is 3.39. The molecular formula is C6H10ClNO2S. The lowest BCUT2D eigenvalue weighted by atomic mass is 10.4. The highest BCUT2D eigenvalue weighted by Crippen LogP contribution is 2.09. The van der Waals surface area contributed by atoms with E-state index in [1.807, 2.05) is 0 Å². The van der Waals surface area contributed by atoms with Crippen LogP contribution in [-0.2, 0) is 4.79 Å². The number of carboxylic acids is 1. The van der Waals surface area contributed by atoms with E-state index < -0.39 is 12.0 Å². The van der Waals surface area contributed by atoms with Crippen molar-refractivity contribution in [2.24, 2.45) is 5.73 Å². The molecule has 0 aliphatic rings. The minimum Gasteiger partial charge on any atom is -0.480 e. The minimum absolute atomic E-state index is 0.362. The third-order valence-electron chi connectivity index (χ3n) is 0.873. The predicted octanol–water partition coefficient (Wildman–Crippen LogP) is 0.884. The van der Waals surface area contributed by atoms with Crippen molar-refractivity contribution in [1.82, 2.24) is 0 Å². The molecule has 0 aromatic rings. The molecule has 0 aromatic heterocycles. The first-order valence-electron chi connectivity index (χ1n) is 2.93. The first-order chi connectivity index (χ1) is 5.04. The van der Waals surface area contributed by atoms with Crippen LogP contribution in [0.2, 0.25) is 0 Å². The number of carboxylic acid groups (broad SMARTS) is 1. The average Bonchev–Trinajstić information content (AvgIpc) is 1.86. The van der Waals surface area contributed by atoms with E-state index in [-0.39, 0.29) is 0 Å². The maximum absolute atomic E-state index is 10.2. The van der Waals surface area contributed by atoms with Crippen LogP contribution in [0.15, 0.2) is 11.6 Å². The molecule has 0 heterocycles. The first kappa shape index (κ1) is 10.8. The van der Waals surface area contributed by atoms with Gasteiger partial charge in [-0.15, -0.1) is 0 Å². The molecule has 0 aliphatic carbocycles. The summed E-state index contributed by atoms with van der Waals surface area (Å²) >= 11 is 6.80. The lowest BCUT2D eigenvalue weighted by molar-refractivity contribution is -0.137. The lowest BCUT2D eigenvalue weighted by Gasteiger charge is -2.03. The zero-order valence-corrected chi connectivity index (χ0v) is 7.49. The molecule has 0 rings (SSSR count). The van der Waals surface area contributed by atoms with Crippen molar-refractivity contribution < 1.29 is 9.90 Å². The molecular weight excluding hydrogens is 186 g/mol. The molecule has 0 saturated carbocycles. The van der Waals surface area contributed by atoms with Crippen LogP contribution < -0.4 is 5.73 Å². The predicted molar refractivity (Wildman–Crippen MR) is 47.9 cm³/mol. The van der Waals surface area contributed by atoms with Crippen LogP contribution in [0.4, 0.5) is 0 Å². The summed E-state index contributed by atoms with van der Waals surface area (Å²) in [5.41, 5.74) is 5.21. The highest BCUT2D eigenvalue weighted by Gasteiger charge is 2.10. The Morgan fingerprint density at radius 3 is 2.73 bits per heavy atom. The number of rotatable bonds is 5. The van der Waals surface area contributed by atoms with E-state index in [9.17, 15) is 4.79 Å². The van der Waals surface area contributed by atoms with Gasteiger partial charge >= 0.3 is 5.97 Å². The molecule has 0 amide bonds. The highest BCUT2D eigenvalue weighted by atomic mass is 35.5. The van der Waals surface area contributed by atoms with Gasteiger partial charge in [-0.3, -0.25) is 4.79 Å². The molecule has 0 aromatic carbocycles. The lowest BCUT2D eigenvalue weighted by Crippen LogP contribution is -2.32. The first-order valence-corrected chi connectivity index (χ1v) is 4.46. The summed E-state index contributed by atoms with van der Waals surface area (Å²) in [6, 6.07) is -0.809. The van der Waals surface area contributed by atoms with Crippen molar-refractivity contribution in [3.05, 3.63) is 11.6 Å². The fraction of sp³-hybridized carbons (Fsp3) is 0.500. The van der Waals surface area contributed by atoms with Crippen molar-refractivity contribution in [2.75, 3.05) is 11.5 Å². The molecule has 3 nitrogen and oxygen atoms in total. The van der Waals surface area contributed by atoms with E-state index >= 15 is 0 Å². The summed E-state index contributed by atoms with van der Waals surface area (Å²) in [6.45, 7) is 3.45. The standard InChI is InChI=1S/C6H10ClNO2S/c1-4(7)2-11-3-5(8)6(9)10/h5H,1-3,8H2,(H,9,10)/t5-/m0/s1. The average molecular weight is 196 g/mol. The van der Waals surface area contributed by atoms with Gasteiger partial charge < -0.3 is 10.8 Å². The van der Waals surface area contributed by atoms with Crippen molar-refractivity contribution in [3.8, 4) is 0 Å². The fourth-order valence-corrected chi connectivity index (χ4v) is 1.34. The number of hydrogen-bond acceptors (Lipinski definition) is 3. The number of thioether (sulfide) groups is 1. The zero-order chi connectivity index (χ0) is 8.85. The van der Waals surface area contributed by atoms with Crippen LogP contribution in [0.5, 0.6) is 0 Å². The largest absolute Gasteiger partial charge is 0.480 e. The second-order valence-corrected chi connectivity index (χ2v) is 3.54. The van der Waals surface area contributed by atoms with Crippen LogP contribution in [-0.4, -0.2) is 28.6 Å². The molecule has 3 N–H and O–H groups in total. The second-order valence-electron chi connectivity index (χ2n) is 1.98. The molecule has 0 saturated heterocycles. The SMILES string of the molecule is C=C(Cl)CSC[C@H](N)C(=O)O. The highest BCUT2D eigenvalue weighted by molar-refractivity contribution is 7.99. The third-order valence-corrected chi connectivity index (χ3v) is 2.31. The van der Waals surface area contributed by atoms with Crippen molar-refractivity contribution in [1.29, 1.82) is 0 Å². The maximum atomic E-state index is 10.2. The Labute approximate surface area is 74.6 Å². The molecule has 0 fully saturated rings. The molecule has 64 valence electrons. The molecule has 0 unspecified atom stereocenters. The molecule has 1 atom stereocenters. The Morgan fingerprint density at radius 2 is 2.36 bits per heavy atom. The number of nitrogens with two attached hydrogens (primary N) is 1. The molecule has 0 bridgehead atoms. The van der Waals surface area contributed by atoms with Crippen LogP contribution in [0, 0.1) is 0 Å². The van der Waals surface area contributed by atoms with E-state index in [2.05, 4.69) is 6.58 Å². The van der Waals surface area contributed by atoms with E-state index in [1.54, 1.807) is 0 Å². The molecule has 0 radical (unpaired) electrons. The van der Waals surface area contributed by atoms with E-state index in [4.69, 9.17) is 22.4 Å². The molecule has 0 spiro atoms. The van der Waals surface area contributed by atoms with Crippen molar-refractivity contribution >= 4 is 29.3 Å². The van der Waals surface area contributed by atoms with Crippen LogP contribution >= 0.6 is 23.4 Å². The van der Waals surface area contributed by atoms with Gasteiger partial charge in [0, 0.05) is 16.5 Å². The summed E-state index contributed by atoms with van der Waals surface area (Å²) in [5.74, 6) is -0.0819. The normalized spacial score (nSPS) is 12.5. The fourth-order valence-electron chi connectivity index (χ4n) is 0.368. The Kier molecular flexibility index (Phi) is 5.36. The maximum Gasteiger partial charge on any atom is 0.321 e. The summed E-state index contributed by atoms with van der Waals surface area (Å²) in [5, 5.41) is 8.86. The van der Waals surface area contributed by atoms with E-state index in [1.165, 1.54) is 11.8 Å². The van der Waals surface area contributed by atoms with Gasteiger partial charge in [-0.25, -0.2) is 0 Å². The summed E-state index contributed by atoms with van der Waals surface area (Å²) in [7, 11) is 0. The van der Waals surface area contributed by atoms with Crippen molar-refractivity contribution in [3.63, 3.8) is 0 Å². The summed E-state index contributed by atoms with van der Waals surface area (Å²) < 4.78 is 0. The second kappa shape index (κ2) is 5.46. The molecule has 11 heavy (non-hydrogen) atoms. The monoisotopic (exact) mass is 195 g/mol.